The molecular formula is C2H4N2S3. The molecule has 0 radical (unpaired) electrons. The number of rotatable bonds is 0. The molecule has 0 amide bonds. The quantitative estimate of drug-likeness (QED) is 0.504. The fraction of sp³-hybridized carbons (Fsp3) is 0.500. The number of hydrogen-bond donors (Lipinski definition) is 2. The van der Waals surface area contributed by atoms with Crippen LogP contribution in [-0.2, 0) is 0 Å². The minimum absolute atomic E-state index is 0.100. The minimum atomic E-state index is 0.100. The Morgan fingerprint density at radius 3 is 2.71 bits per heavy atom. The van der Waals surface area contributed by atoms with E-state index in [4.69, 9.17) is 0 Å². The summed E-state index contributed by atoms with van der Waals surface area (Å²) < 4.78 is 1.59. The molecule has 40 valence electrons. The lowest BCUT2D eigenvalue weighted by molar-refractivity contribution is 0.590. The van der Waals surface area contributed by atoms with Crippen molar-refractivity contribution in [2.45, 2.75) is 4.71 Å². The molecule has 0 aromatic rings. The van der Waals surface area contributed by atoms with E-state index < -0.39 is 0 Å². The van der Waals surface area contributed by atoms with Crippen LogP contribution < -0.4 is 0 Å². The van der Waals surface area contributed by atoms with Gasteiger partial charge < -0.3 is 0 Å². The molecule has 1 heterocycles. The molecule has 1 atom stereocenters. The van der Waals surface area contributed by atoms with Crippen LogP contribution in [0.15, 0.2) is 5.10 Å². The highest BCUT2D eigenvalue weighted by Crippen LogP contribution is 2.24. The molecule has 1 aliphatic rings. The van der Waals surface area contributed by atoms with Gasteiger partial charge in [-0.1, -0.05) is 11.8 Å². The van der Waals surface area contributed by atoms with Gasteiger partial charge in [-0.2, -0.15) is 5.10 Å². The Hall–Kier alpha value is 0.520. The first-order valence-corrected chi connectivity index (χ1v) is 3.51. The number of thiol groups is 2. The zero-order valence-electron chi connectivity index (χ0n) is 3.35. The molecule has 1 unspecified atom stereocenters. The fourth-order valence-electron chi connectivity index (χ4n) is 0.241. The molecule has 1 rings (SSSR count). The number of hydrogen-bond acceptors (Lipinski definition) is 5. The Labute approximate surface area is 57.3 Å². The van der Waals surface area contributed by atoms with E-state index in [-0.39, 0.29) is 4.71 Å². The molecule has 0 spiro atoms. The van der Waals surface area contributed by atoms with E-state index in [2.05, 4.69) is 30.5 Å². The van der Waals surface area contributed by atoms with Gasteiger partial charge >= 0.3 is 0 Å². The molecular weight excluding hydrogens is 148 g/mol. The minimum Gasteiger partial charge on any atom is -0.218 e. The van der Waals surface area contributed by atoms with Gasteiger partial charge in [0.1, 0.15) is 0 Å². The predicted octanol–water partition coefficient (Wildman–Crippen LogP) is 1.04. The Morgan fingerprint density at radius 2 is 2.57 bits per heavy atom. The largest absolute Gasteiger partial charge is 0.218 e. The van der Waals surface area contributed by atoms with Gasteiger partial charge in [-0.15, -0.1) is 12.6 Å². The van der Waals surface area contributed by atoms with Gasteiger partial charge in [-0.05, 0) is 12.8 Å². The number of thioether (sulfide) groups is 1. The lowest BCUT2D eigenvalue weighted by Gasteiger charge is -2.07. The van der Waals surface area contributed by atoms with E-state index in [9.17, 15) is 0 Å². The predicted molar refractivity (Wildman–Crippen MR) is 39.7 cm³/mol. The molecule has 0 aromatic carbocycles. The van der Waals surface area contributed by atoms with Crippen molar-refractivity contribution in [3.05, 3.63) is 0 Å². The molecule has 0 N–H and O–H groups in total. The maximum Gasteiger partial charge on any atom is 0.152 e. The lowest BCUT2D eigenvalue weighted by atomic mass is 11.4. The Morgan fingerprint density at radius 1 is 1.86 bits per heavy atom. The van der Waals surface area contributed by atoms with Gasteiger partial charge in [0.15, 0.2) is 4.71 Å². The van der Waals surface area contributed by atoms with Gasteiger partial charge in [0.05, 0.1) is 5.55 Å². The average Bonchev–Trinajstić information content (AvgIpc) is 1.91. The molecule has 1 aliphatic heterocycles. The first kappa shape index (κ1) is 5.65. The third kappa shape index (κ3) is 1.20. The summed E-state index contributed by atoms with van der Waals surface area (Å²) in [5, 5.41) is 3.78. The fourth-order valence-corrected chi connectivity index (χ4v) is 1.18. The molecule has 0 saturated carbocycles. The van der Waals surface area contributed by atoms with Crippen LogP contribution >= 0.6 is 37.2 Å². The van der Waals surface area contributed by atoms with Crippen LogP contribution in [-0.4, -0.2) is 14.7 Å². The second-order valence-corrected chi connectivity index (χ2v) is 3.18. The molecule has 0 aliphatic carbocycles. The van der Waals surface area contributed by atoms with Crippen molar-refractivity contribution < 1.29 is 0 Å². The first-order chi connectivity index (χ1) is 3.30. The number of hydrazone groups is 1. The van der Waals surface area contributed by atoms with Gasteiger partial charge in [0.25, 0.3) is 0 Å². The monoisotopic (exact) mass is 152 g/mol. The van der Waals surface area contributed by atoms with Gasteiger partial charge in [0.2, 0.25) is 0 Å². The standard InChI is InChI=1S/C2H4N2S3/c5-2-4(6)3-1-7-2/h1-2,5-6H. The van der Waals surface area contributed by atoms with E-state index in [0.29, 0.717) is 0 Å². The zero-order chi connectivity index (χ0) is 5.28. The van der Waals surface area contributed by atoms with Crippen LogP contribution in [0.2, 0.25) is 0 Å². The van der Waals surface area contributed by atoms with Crippen molar-refractivity contribution >= 4 is 42.8 Å². The average molecular weight is 152 g/mol. The normalized spacial score (nSPS) is 29.4. The van der Waals surface area contributed by atoms with Crippen molar-refractivity contribution in [1.82, 2.24) is 4.41 Å². The second-order valence-electron chi connectivity index (χ2n) is 1.00. The highest BCUT2D eigenvalue weighted by Gasteiger charge is 2.11. The topological polar surface area (TPSA) is 15.6 Å². The first-order valence-electron chi connectivity index (χ1n) is 1.65. The molecule has 0 aromatic heterocycles. The van der Waals surface area contributed by atoms with E-state index in [0.717, 1.165) is 0 Å². The van der Waals surface area contributed by atoms with Gasteiger partial charge in [0, 0.05) is 0 Å². The third-order valence-corrected chi connectivity index (χ3v) is 2.46. The van der Waals surface area contributed by atoms with E-state index in [1.807, 2.05) is 0 Å². The van der Waals surface area contributed by atoms with Crippen LogP contribution in [0.5, 0.6) is 0 Å². The summed E-state index contributed by atoms with van der Waals surface area (Å²) in [6.45, 7) is 0. The van der Waals surface area contributed by atoms with Gasteiger partial charge in [-0.25, -0.2) is 4.41 Å². The van der Waals surface area contributed by atoms with Crippen molar-refractivity contribution in [2.75, 3.05) is 0 Å². The Bertz CT molecular complexity index is 92.9. The molecule has 7 heavy (non-hydrogen) atoms. The summed E-state index contributed by atoms with van der Waals surface area (Å²) in [5.41, 5.74) is 1.71. The summed E-state index contributed by atoms with van der Waals surface area (Å²) >= 11 is 9.53. The summed E-state index contributed by atoms with van der Waals surface area (Å²) in [6.07, 6.45) is 0. The van der Waals surface area contributed by atoms with E-state index >= 15 is 0 Å². The van der Waals surface area contributed by atoms with Crippen LogP contribution in [0.3, 0.4) is 0 Å². The zero-order valence-corrected chi connectivity index (χ0v) is 5.96. The van der Waals surface area contributed by atoms with Crippen LogP contribution in [0, 0.1) is 0 Å². The lowest BCUT2D eigenvalue weighted by Crippen LogP contribution is -2.05. The second kappa shape index (κ2) is 2.19. The Balaban J connectivity index is 2.45. The summed E-state index contributed by atoms with van der Waals surface area (Å²) in [4.78, 5) is 0. The summed E-state index contributed by atoms with van der Waals surface area (Å²) in [6, 6.07) is 0. The SMILES string of the molecule is SC1SC=NN1S. The van der Waals surface area contributed by atoms with Crippen molar-refractivity contribution in [3.8, 4) is 0 Å². The molecule has 5 heteroatoms. The summed E-state index contributed by atoms with van der Waals surface area (Å²) in [5.74, 6) is 0. The molecule has 0 saturated heterocycles. The maximum atomic E-state index is 4.07. The van der Waals surface area contributed by atoms with Crippen molar-refractivity contribution in [3.63, 3.8) is 0 Å². The molecule has 0 fully saturated rings. The van der Waals surface area contributed by atoms with Crippen LogP contribution in [0.4, 0.5) is 0 Å². The maximum absolute atomic E-state index is 4.07. The smallest absolute Gasteiger partial charge is 0.152 e. The van der Waals surface area contributed by atoms with Crippen LogP contribution in [0.25, 0.3) is 0 Å². The third-order valence-electron chi connectivity index (χ3n) is 0.546. The number of nitrogens with zero attached hydrogens (tertiary/aromatic N) is 2. The van der Waals surface area contributed by atoms with Crippen molar-refractivity contribution in [2.24, 2.45) is 5.10 Å². The molecule has 2 nitrogen and oxygen atoms in total. The molecule has 0 bridgehead atoms. The highest BCUT2D eigenvalue weighted by atomic mass is 32.2. The summed E-state index contributed by atoms with van der Waals surface area (Å²) in [7, 11) is 0. The van der Waals surface area contributed by atoms with Crippen molar-refractivity contribution in [1.29, 1.82) is 0 Å². The highest BCUT2D eigenvalue weighted by molar-refractivity contribution is 8.20. The van der Waals surface area contributed by atoms with Gasteiger partial charge in [-0.3, -0.25) is 0 Å². The Kier molecular flexibility index (Phi) is 1.77. The van der Waals surface area contributed by atoms with E-state index in [1.165, 1.54) is 16.2 Å². The van der Waals surface area contributed by atoms with E-state index in [1.54, 1.807) is 5.55 Å². The van der Waals surface area contributed by atoms with Crippen LogP contribution in [0.1, 0.15) is 0 Å².